The van der Waals surface area contributed by atoms with Crippen LogP contribution in [0.5, 0.6) is 0 Å². The molecule has 0 atom stereocenters. The molecule has 2 aromatic rings. The van der Waals surface area contributed by atoms with Crippen LogP contribution in [0.4, 0.5) is 11.6 Å². The number of aromatic nitrogens is 3. The molecule has 4 nitrogen and oxygen atoms in total. The number of benzene rings is 1. The molecule has 14 heavy (non-hydrogen) atoms. The molecule has 0 radical (unpaired) electrons. The van der Waals surface area contributed by atoms with Crippen LogP contribution >= 0.6 is 0 Å². The third kappa shape index (κ3) is 1.50. The summed E-state index contributed by atoms with van der Waals surface area (Å²) < 4.78 is 0. The minimum atomic E-state index is 0.659. The van der Waals surface area contributed by atoms with Crippen LogP contribution in [-0.4, -0.2) is 15.2 Å². The first-order valence-electron chi connectivity index (χ1n) is 4.24. The lowest BCUT2D eigenvalue weighted by atomic mass is 10.3. The van der Waals surface area contributed by atoms with Gasteiger partial charge >= 0.3 is 0 Å². The molecule has 1 aromatic carbocycles. The van der Waals surface area contributed by atoms with E-state index in [2.05, 4.69) is 21.8 Å². The summed E-state index contributed by atoms with van der Waals surface area (Å²) in [5, 5.41) is 6.57. The van der Waals surface area contributed by atoms with Crippen molar-refractivity contribution in [3.8, 4) is 0 Å². The average Bonchev–Trinajstić information content (AvgIpc) is 2.74. The minimum Gasteiger partial charge on any atom is -0.287 e. The van der Waals surface area contributed by atoms with E-state index in [1.165, 1.54) is 6.33 Å². The summed E-state index contributed by atoms with van der Waals surface area (Å²) in [5.74, 6) is 0.659. The topological polar surface area (TPSA) is 44.8 Å². The molecule has 4 heteroatoms. The predicted molar refractivity (Wildman–Crippen MR) is 55.2 cm³/mol. The van der Waals surface area contributed by atoms with Gasteiger partial charge in [0.15, 0.2) is 0 Å². The van der Waals surface area contributed by atoms with Gasteiger partial charge in [-0.15, -0.1) is 0 Å². The number of anilines is 2. The molecule has 0 fully saturated rings. The Morgan fingerprint density at radius 3 is 2.64 bits per heavy atom. The van der Waals surface area contributed by atoms with Gasteiger partial charge in [0.2, 0.25) is 5.95 Å². The summed E-state index contributed by atoms with van der Waals surface area (Å²) in [7, 11) is 0. The molecule has 1 heterocycles. The molecular formula is C10H10N4. The highest BCUT2D eigenvalue weighted by Gasteiger charge is 2.06. The smallest absolute Gasteiger partial charge is 0.229 e. The fourth-order valence-corrected chi connectivity index (χ4v) is 1.22. The fraction of sp³-hybridized carbons (Fsp3) is 0. The molecule has 2 rings (SSSR count). The van der Waals surface area contributed by atoms with Crippen molar-refractivity contribution in [1.29, 1.82) is 0 Å². The minimum absolute atomic E-state index is 0.659. The number of nitrogens with zero attached hydrogens (tertiary/aromatic N) is 3. The van der Waals surface area contributed by atoms with Crippen molar-refractivity contribution in [2.45, 2.75) is 0 Å². The van der Waals surface area contributed by atoms with Crippen LogP contribution in [0.3, 0.4) is 0 Å². The number of hydrogen-bond donors (Lipinski definition) is 1. The third-order valence-corrected chi connectivity index (χ3v) is 1.85. The SMILES string of the molecule is C=CN(c1ccccc1)c1ncn[nH]1. The first-order valence-corrected chi connectivity index (χ1v) is 4.24. The van der Waals surface area contributed by atoms with Crippen molar-refractivity contribution in [2.24, 2.45) is 0 Å². The molecule has 1 N–H and O–H groups in total. The Bertz CT molecular complexity index is 393. The predicted octanol–water partition coefficient (Wildman–Crippen LogP) is 2.09. The normalized spacial score (nSPS) is 9.71. The van der Waals surface area contributed by atoms with E-state index < -0.39 is 0 Å². The second kappa shape index (κ2) is 3.74. The van der Waals surface area contributed by atoms with Crippen molar-refractivity contribution in [3.05, 3.63) is 49.4 Å². The first-order chi connectivity index (χ1) is 6.92. The van der Waals surface area contributed by atoms with Gasteiger partial charge in [-0.3, -0.25) is 4.90 Å². The summed E-state index contributed by atoms with van der Waals surface area (Å²) in [6.45, 7) is 3.73. The van der Waals surface area contributed by atoms with Gasteiger partial charge in [-0.25, -0.2) is 5.10 Å². The van der Waals surface area contributed by atoms with E-state index in [0.29, 0.717) is 5.95 Å². The molecule has 70 valence electrons. The van der Waals surface area contributed by atoms with Crippen LogP contribution in [0, 0.1) is 0 Å². The zero-order chi connectivity index (χ0) is 9.80. The Kier molecular flexibility index (Phi) is 2.27. The Morgan fingerprint density at radius 2 is 2.07 bits per heavy atom. The molecule has 0 aliphatic carbocycles. The van der Waals surface area contributed by atoms with Crippen LogP contribution in [0.25, 0.3) is 0 Å². The summed E-state index contributed by atoms with van der Waals surface area (Å²) in [5.41, 5.74) is 0.999. The van der Waals surface area contributed by atoms with Gasteiger partial charge in [-0.2, -0.15) is 10.1 Å². The van der Waals surface area contributed by atoms with Gasteiger partial charge in [0.1, 0.15) is 6.33 Å². The Morgan fingerprint density at radius 1 is 1.29 bits per heavy atom. The van der Waals surface area contributed by atoms with Gasteiger partial charge in [-0.1, -0.05) is 24.8 Å². The molecule has 0 bridgehead atoms. The van der Waals surface area contributed by atoms with E-state index in [1.54, 1.807) is 6.20 Å². The number of para-hydroxylation sites is 1. The molecule has 1 aromatic heterocycles. The van der Waals surface area contributed by atoms with Gasteiger partial charge < -0.3 is 0 Å². The molecular weight excluding hydrogens is 176 g/mol. The summed E-state index contributed by atoms with van der Waals surface area (Å²) in [4.78, 5) is 5.88. The van der Waals surface area contributed by atoms with Gasteiger partial charge in [0.05, 0.1) is 0 Å². The Labute approximate surface area is 81.9 Å². The van der Waals surface area contributed by atoms with E-state index in [-0.39, 0.29) is 0 Å². The van der Waals surface area contributed by atoms with Crippen LogP contribution in [0.2, 0.25) is 0 Å². The molecule has 0 unspecified atom stereocenters. The zero-order valence-electron chi connectivity index (χ0n) is 7.59. The molecule has 0 amide bonds. The van der Waals surface area contributed by atoms with Gasteiger partial charge in [-0.05, 0) is 12.1 Å². The zero-order valence-corrected chi connectivity index (χ0v) is 7.59. The lowest BCUT2D eigenvalue weighted by molar-refractivity contribution is 1.06. The van der Waals surface area contributed by atoms with Crippen LogP contribution in [-0.2, 0) is 0 Å². The highest BCUT2D eigenvalue weighted by molar-refractivity contribution is 5.59. The first kappa shape index (κ1) is 8.50. The van der Waals surface area contributed by atoms with E-state index in [4.69, 9.17) is 0 Å². The van der Waals surface area contributed by atoms with Gasteiger partial charge in [0, 0.05) is 11.9 Å². The Balaban J connectivity index is 2.36. The van der Waals surface area contributed by atoms with Crippen molar-refractivity contribution >= 4 is 11.6 Å². The lowest BCUT2D eigenvalue weighted by Crippen LogP contribution is -2.09. The average molecular weight is 186 g/mol. The maximum Gasteiger partial charge on any atom is 0.229 e. The summed E-state index contributed by atoms with van der Waals surface area (Å²) in [6.07, 6.45) is 3.16. The van der Waals surface area contributed by atoms with Crippen molar-refractivity contribution < 1.29 is 0 Å². The van der Waals surface area contributed by atoms with E-state index in [9.17, 15) is 0 Å². The number of aromatic amines is 1. The maximum absolute atomic E-state index is 4.05. The monoisotopic (exact) mass is 186 g/mol. The highest BCUT2D eigenvalue weighted by atomic mass is 15.3. The second-order valence-corrected chi connectivity index (χ2v) is 2.70. The molecule has 0 saturated heterocycles. The molecule has 0 spiro atoms. The lowest BCUT2D eigenvalue weighted by Gasteiger charge is -2.15. The summed E-state index contributed by atoms with van der Waals surface area (Å²) in [6, 6.07) is 9.84. The van der Waals surface area contributed by atoms with Crippen molar-refractivity contribution in [1.82, 2.24) is 15.2 Å². The van der Waals surface area contributed by atoms with E-state index in [1.807, 2.05) is 35.2 Å². The second-order valence-electron chi connectivity index (χ2n) is 2.70. The number of H-pyrrole nitrogens is 1. The van der Waals surface area contributed by atoms with Crippen molar-refractivity contribution in [3.63, 3.8) is 0 Å². The third-order valence-electron chi connectivity index (χ3n) is 1.85. The molecule has 0 saturated carbocycles. The van der Waals surface area contributed by atoms with Crippen LogP contribution < -0.4 is 4.90 Å². The largest absolute Gasteiger partial charge is 0.287 e. The molecule has 0 aliphatic rings. The van der Waals surface area contributed by atoms with Crippen LogP contribution in [0.15, 0.2) is 49.4 Å². The quantitative estimate of drug-likeness (QED) is 0.798. The maximum atomic E-state index is 4.05. The fourth-order valence-electron chi connectivity index (χ4n) is 1.22. The van der Waals surface area contributed by atoms with E-state index in [0.717, 1.165) is 5.69 Å². The van der Waals surface area contributed by atoms with Crippen LogP contribution in [0.1, 0.15) is 0 Å². The standard InChI is InChI=1S/C10H10N4/c1-2-14(10-11-8-12-13-10)9-6-4-3-5-7-9/h2-8H,1H2,(H,11,12,13). The molecule has 0 aliphatic heterocycles. The number of rotatable bonds is 3. The van der Waals surface area contributed by atoms with E-state index >= 15 is 0 Å². The number of nitrogens with one attached hydrogen (secondary N) is 1. The highest BCUT2D eigenvalue weighted by Crippen LogP contribution is 2.20. The summed E-state index contributed by atoms with van der Waals surface area (Å²) >= 11 is 0. The van der Waals surface area contributed by atoms with Gasteiger partial charge in [0.25, 0.3) is 0 Å². The number of hydrogen-bond acceptors (Lipinski definition) is 3. The Hall–Kier alpha value is -2.10. The van der Waals surface area contributed by atoms with Crippen molar-refractivity contribution in [2.75, 3.05) is 4.90 Å².